The predicted octanol–water partition coefficient (Wildman–Crippen LogP) is 10.7. The second-order valence-electron chi connectivity index (χ2n) is 13.2. The molecule has 254 valence electrons. The van der Waals surface area contributed by atoms with E-state index in [1.165, 1.54) is 20.3 Å². The Bertz CT molecular complexity index is 3330. The molecule has 0 aliphatic carbocycles. The fraction of sp³-hybridized carbons (Fsp3) is 0.0476. The van der Waals surface area contributed by atoms with E-state index in [4.69, 9.17) is 9.72 Å². The van der Waals surface area contributed by atoms with Gasteiger partial charge < -0.3 is 4.74 Å². The lowest BCUT2D eigenvalue weighted by molar-refractivity contribution is 0.417. The number of thiophene rings is 3. The SMILES string of the molecule is c1cc(-c2cc(-c3cccc(-c4ccc(C5CO5)c5sc6ncncc6c45)c3)c3sc4ncncc4c3c2)cc(-c2ncnc3sc4ncncc4c23)c1. The van der Waals surface area contributed by atoms with E-state index in [2.05, 4.69) is 108 Å². The van der Waals surface area contributed by atoms with E-state index in [9.17, 15) is 0 Å². The Balaban J connectivity index is 1.05. The largest absolute Gasteiger partial charge is 0.368 e. The molecule has 0 saturated carbocycles. The highest BCUT2D eigenvalue weighted by Crippen LogP contribution is 2.47. The molecule has 11 aromatic rings. The minimum atomic E-state index is 0.137. The number of rotatable bonds is 5. The van der Waals surface area contributed by atoms with Gasteiger partial charge in [0.25, 0.3) is 0 Å². The van der Waals surface area contributed by atoms with Crippen LogP contribution in [0.5, 0.6) is 0 Å². The Morgan fingerprint density at radius 2 is 1.11 bits per heavy atom. The number of epoxide rings is 1. The van der Waals surface area contributed by atoms with Crippen molar-refractivity contribution in [3.63, 3.8) is 0 Å². The summed E-state index contributed by atoms with van der Waals surface area (Å²) in [7, 11) is 0. The number of aromatic nitrogens is 8. The highest BCUT2D eigenvalue weighted by molar-refractivity contribution is 7.26. The summed E-state index contributed by atoms with van der Waals surface area (Å²) >= 11 is 4.97. The zero-order chi connectivity index (χ0) is 35.3. The first kappa shape index (κ1) is 30.3. The van der Waals surface area contributed by atoms with Gasteiger partial charge in [0.05, 0.1) is 12.3 Å². The van der Waals surface area contributed by atoms with Crippen molar-refractivity contribution in [2.24, 2.45) is 0 Å². The van der Waals surface area contributed by atoms with Crippen LogP contribution < -0.4 is 0 Å². The standard InChI is InChI=1S/C42H22N8OS3/c1-3-21(9-24(6-1)36-35-32-15-45-19-49-41(32)54-42(35)50-20-46-36)25-11-28(37-29(12-25)30-13-43-17-47-39(30)52-37)23-5-2-4-22(10-23)26-7-8-27(33-16-51-33)38-34(26)31-14-44-18-48-40(31)53-38/h1-15,17-20,33H,16H2. The number of hydrogen-bond donors (Lipinski definition) is 0. The minimum absolute atomic E-state index is 0.137. The van der Waals surface area contributed by atoms with Crippen LogP contribution in [0.1, 0.15) is 11.7 Å². The van der Waals surface area contributed by atoms with Crippen molar-refractivity contribution < 1.29 is 4.74 Å². The van der Waals surface area contributed by atoms with Crippen molar-refractivity contribution in [2.75, 3.05) is 6.61 Å². The summed E-state index contributed by atoms with van der Waals surface area (Å²) in [5.74, 6) is 0. The zero-order valence-corrected chi connectivity index (χ0v) is 30.4. The first-order chi connectivity index (χ1) is 26.7. The topological polar surface area (TPSA) is 116 Å². The monoisotopic (exact) mass is 750 g/mol. The maximum absolute atomic E-state index is 5.75. The van der Waals surface area contributed by atoms with Crippen molar-refractivity contribution in [3.8, 4) is 44.6 Å². The molecule has 1 unspecified atom stereocenters. The maximum Gasteiger partial charge on any atom is 0.130 e. The molecule has 12 heteroatoms. The van der Waals surface area contributed by atoms with Gasteiger partial charge in [0.2, 0.25) is 0 Å². The van der Waals surface area contributed by atoms with Crippen LogP contribution in [0.25, 0.3) is 106 Å². The minimum Gasteiger partial charge on any atom is -0.368 e. The van der Waals surface area contributed by atoms with Gasteiger partial charge in [-0.1, -0.05) is 59.9 Å². The number of nitrogens with zero attached hydrogens (tertiary/aromatic N) is 8. The highest BCUT2D eigenvalue weighted by atomic mass is 32.1. The molecule has 12 rings (SSSR count). The summed E-state index contributed by atoms with van der Waals surface area (Å²) < 4.78 is 8.14. The van der Waals surface area contributed by atoms with E-state index in [0.29, 0.717) is 0 Å². The van der Waals surface area contributed by atoms with Crippen molar-refractivity contribution >= 4 is 95.0 Å². The third-order valence-electron chi connectivity index (χ3n) is 10.2. The highest BCUT2D eigenvalue weighted by Gasteiger charge is 2.29. The van der Waals surface area contributed by atoms with E-state index < -0.39 is 0 Å². The molecule has 1 saturated heterocycles. The summed E-state index contributed by atoms with van der Waals surface area (Å²) in [5.41, 5.74) is 9.80. The Morgan fingerprint density at radius 3 is 1.91 bits per heavy atom. The van der Waals surface area contributed by atoms with E-state index in [1.54, 1.807) is 59.3 Å². The van der Waals surface area contributed by atoms with Crippen LogP contribution in [0.3, 0.4) is 0 Å². The number of hydrogen-bond acceptors (Lipinski definition) is 12. The summed E-state index contributed by atoms with van der Waals surface area (Å²) in [6, 6.07) is 26.5. The Hall–Kier alpha value is -6.18. The Labute approximate surface area is 317 Å². The van der Waals surface area contributed by atoms with Crippen LogP contribution in [-0.4, -0.2) is 46.5 Å². The van der Waals surface area contributed by atoms with Gasteiger partial charge in [0, 0.05) is 77.0 Å². The normalized spacial score (nSPS) is 14.3. The van der Waals surface area contributed by atoms with Gasteiger partial charge in [-0.25, -0.2) is 39.9 Å². The van der Waals surface area contributed by atoms with Crippen LogP contribution in [0, 0.1) is 0 Å². The van der Waals surface area contributed by atoms with Gasteiger partial charge in [-0.2, -0.15) is 0 Å². The molecule has 0 spiro atoms. The van der Waals surface area contributed by atoms with Gasteiger partial charge in [-0.05, 0) is 52.1 Å². The fourth-order valence-corrected chi connectivity index (χ4v) is 10.9. The van der Waals surface area contributed by atoms with Gasteiger partial charge in [0.15, 0.2) is 0 Å². The molecule has 1 atom stereocenters. The lowest BCUT2D eigenvalue weighted by Gasteiger charge is -2.13. The van der Waals surface area contributed by atoms with Crippen LogP contribution in [0.2, 0.25) is 0 Å². The molecule has 0 radical (unpaired) electrons. The van der Waals surface area contributed by atoms with Crippen molar-refractivity contribution in [1.29, 1.82) is 0 Å². The lowest BCUT2D eigenvalue weighted by atomic mass is 9.92. The summed E-state index contributed by atoms with van der Waals surface area (Å²) in [6.07, 6.45) is 12.3. The molecule has 0 N–H and O–H groups in total. The van der Waals surface area contributed by atoms with Crippen molar-refractivity contribution in [3.05, 3.63) is 122 Å². The van der Waals surface area contributed by atoms with Crippen LogP contribution in [-0.2, 0) is 4.74 Å². The molecular formula is C42H22N8OS3. The molecule has 1 aliphatic rings. The molecule has 54 heavy (non-hydrogen) atoms. The molecule has 4 aromatic carbocycles. The second kappa shape index (κ2) is 11.7. The van der Waals surface area contributed by atoms with Gasteiger partial charge in [-0.15, -0.1) is 22.7 Å². The van der Waals surface area contributed by atoms with E-state index in [-0.39, 0.29) is 6.10 Å². The zero-order valence-electron chi connectivity index (χ0n) is 28.0. The van der Waals surface area contributed by atoms with Crippen LogP contribution in [0.15, 0.2) is 117 Å². The quantitative estimate of drug-likeness (QED) is 0.158. The number of benzene rings is 4. The molecule has 0 bridgehead atoms. The lowest BCUT2D eigenvalue weighted by Crippen LogP contribution is -1.89. The average molecular weight is 751 g/mol. The van der Waals surface area contributed by atoms with Gasteiger partial charge in [-0.3, -0.25) is 0 Å². The van der Waals surface area contributed by atoms with Crippen LogP contribution in [0.4, 0.5) is 0 Å². The number of fused-ring (bicyclic) bond motifs is 9. The molecule has 0 amide bonds. The van der Waals surface area contributed by atoms with E-state index in [0.717, 1.165) is 97.5 Å². The first-order valence-electron chi connectivity index (χ1n) is 17.2. The van der Waals surface area contributed by atoms with Gasteiger partial charge in [0.1, 0.15) is 50.7 Å². The predicted molar refractivity (Wildman–Crippen MR) is 218 cm³/mol. The molecule has 8 heterocycles. The second-order valence-corrected chi connectivity index (χ2v) is 16.2. The number of ether oxygens (including phenoxy) is 1. The third-order valence-corrected chi connectivity index (χ3v) is 13.5. The Kier molecular flexibility index (Phi) is 6.54. The molecular weight excluding hydrogens is 729 g/mol. The summed E-state index contributed by atoms with van der Waals surface area (Å²) in [5, 5.41) is 6.35. The summed E-state index contributed by atoms with van der Waals surface area (Å²) in [4.78, 5) is 40.0. The van der Waals surface area contributed by atoms with Gasteiger partial charge >= 0.3 is 0 Å². The van der Waals surface area contributed by atoms with Crippen molar-refractivity contribution in [1.82, 2.24) is 39.9 Å². The molecule has 7 aromatic heterocycles. The van der Waals surface area contributed by atoms with E-state index >= 15 is 0 Å². The maximum atomic E-state index is 5.75. The molecule has 1 fully saturated rings. The van der Waals surface area contributed by atoms with Crippen LogP contribution >= 0.6 is 34.0 Å². The first-order valence-corrected chi connectivity index (χ1v) is 19.7. The Morgan fingerprint density at radius 1 is 0.481 bits per heavy atom. The fourth-order valence-electron chi connectivity index (χ4n) is 7.64. The van der Waals surface area contributed by atoms with Crippen molar-refractivity contribution in [2.45, 2.75) is 6.10 Å². The molecule has 9 nitrogen and oxygen atoms in total. The summed E-state index contributed by atoms with van der Waals surface area (Å²) in [6.45, 7) is 0.752. The average Bonchev–Trinajstić information content (AvgIpc) is 3.73. The van der Waals surface area contributed by atoms with E-state index in [1.807, 2.05) is 18.6 Å². The smallest absolute Gasteiger partial charge is 0.130 e. The molecule has 1 aliphatic heterocycles. The third kappa shape index (κ3) is 4.64.